The summed E-state index contributed by atoms with van der Waals surface area (Å²) in [5, 5.41) is 1.98. The van der Waals surface area contributed by atoms with Crippen LogP contribution in [0.25, 0.3) is 6.08 Å². The summed E-state index contributed by atoms with van der Waals surface area (Å²) in [4.78, 5) is 12.1. The van der Waals surface area contributed by atoms with Gasteiger partial charge in [-0.1, -0.05) is 18.2 Å². The average molecular weight is 395 g/mol. The number of hydrogen-bond acceptors (Lipinski definition) is 4. The minimum Gasteiger partial charge on any atom is -0.497 e. The lowest BCUT2D eigenvalue weighted by atomic mass is 10.1. The number of carbonyl (C=O) groups excluding carboxylic acids is 1. The Hall–Kier alpha value is -3.16. The summed E-state index contributed by atoms with van der Waals surface area (Å²) in [6, 6.07) is 8.34. The molecule has 0 aliphatic heterocycles. The molecule has 0 saturated carbocycles. The summed E-state index contributed by atoms with van der Waals surface area (Å²) < 4.78 is 55.7. The zero-order valence-electron chi connectivity index (χ0n) is 15.5. The number of nitrogens with one attached hydrogen (secondary N) is 1. The summed E-state index contributed by atoms with van der Waals surface area (Å²) in [7, 11) is 4.19. The number of methoxy groups -OCH3 is 3. The van der Waals surface area contributed by atoms with Crippen LogP contribution in [0, 0.1) is 0 Å². The fourth-order valence-corrected chi connectivity index (χ4v) is 2.49. The van der Waals surface area contributed by atoms with Crippen LogP contribution in [0.1, 0.15) is 17.2 Å². The van der Waals surface area contributed by atoms with E-state index in [2.05, 4.69) is 0 Å². The number of hydrogen-bond donors (Lipinski definition) is 1. The summed E-state index contributed by atoms with van der Waals surface area (Å²) in [5.41, 5.74) is 0.442. The first-order chi connectivity index (χ1) is 13.3. The monoisotopic (exact) mass is 395 g/mol. The van der Waals surface area contributed by atoms with Gasteiger partial charge in [-0.05, 0) is 41.5 Å². The molecule has 2 rings (SSSR count). The second-order valence-electron chi connectivity index (χ2n) is 5.71. The SMILES string of the molecule is COc1cccc(/C=C/C(=O)NC(c2ccc(OC)c(OC)c2)C(F)(F)F)c1. The van der Waals surface area contributed by atoms with E-state index < -0.39 is 18.1 Å². The number of rotatable bonds is 7. The molecule has 2 aromatic carbocycles. The van der Waals surface area contributed by atoms with Crippen LogP contribution >= 0.6 is 0 Å². The number of amides is 1. The molecule has 0 radical (unpaired) electrons. The lowest BCUT2D eigenvalue weighted by Gasteiger charge is -2.22. The molecule has 1 N–H and O–H groups in total. The molecule has 28 heavy (non-hydrogen) atoms. The molecule has 0 aromatic heterocycles. The van der Waals surface area contributed by atoms with Gasteiger partial charge in [0.05, 0.1) is 21.3 Å². The normalized spacial score (nSPS) is 12.5. The van der Waals surface area contributed by atoms with E-state index >= 15 is 0 Å². The molecule has 0 aliphatic rings. The van der Waals surface area contributed by atoms with Crippen LogP contribution in [0.4, 0.5) is 13.2 Å². The minimum atomic E-state index is -4.70. The van der Waals surface area contributed by atoms with Crippen molar-refractivity contribution in [2.75, 3.05) is 21.3 Å². The van der Waals surface area contributed by atoms with Gasteiger partial charge in [-0.2, -0.15) is 13.2 Å². The summed E-state index contributed by atoms with van der Waals surface area (Å²) in [5.74, 6) is 0.104. The first-order valence-electron chi connectivity index (χ1n) is 8.19. The molecule has 0 fully saturated rings. The van der Waals surface area contributed by atoms with E-state index in [-0.39, 0.29) is 17.1 Å². The number of ether oxygens (including phenoxy) is 3. The van der Waals surface area contributed by atoms with Crippen LogP contribution in [-0.2, 0) is 4.79 Å². The van der Waals surface area contributed by atoms with Crippen molar-refractivity contribution in [1.82, 2.24) is 5.32 Å². The average Bonchev–Trinajstić information content (AvgIpc) is 2.69. The summed E-state index contributed by atoms with van der Waals surface area (Å²) >= 11 is 0. The Kier molecular flexibility index (Phi) is 6.92. The highest BCUT2D eigenvalue weighted by Crippen LogP contribution is 2.37. The van der Waals surface area contributed by atoms with Crippen molar-refractivity contribution in [3.63, 3.8) is 0 Å². The molecule has 1 unspecified atom stereocenters. The van der Waals surface area contributed by atoms with Gasteiger partial charge in [-0.25, -0.2) is 0 Å². The molecular weight excluding hydrogens is 375 g/mol. The molecule has 1 amide bonds. The van der Waals surface area contributed by atoms with Crippen LogP contribution in [0.3, 0.4) is 0 Å². The molecule has 0 bridgehead atoms. The van der Waals surface area contributed by atoms with Gasteiger partial charge in [0.15, 0.2) is 17.5 Å². The van der Waals surface area contributed by atoms with Crippen LogP contribution in [0.5, 0.6) is 17.2 Å². The maximum Gasteiger partial charge on any atom is 0.412 e. The van der Waals surface area contributed by atoms with Crippen molar-refractivity contribution >= 4 is 12.0 Å². The van der Waals surface area contributed by atoms with Crippen molar-refractivity contribution in [3.05, 3.63) is 59.7 Å². The molecule has 5 nitrogen and oxygen atoms in total. The summed E-state index contributed by atoms with van der Waals surface area (Å²) in [6.07, 6.45) is -2.26. The second-order valence-corrected chi connectivity index (χ2v) is 5.71. The van der Waals surface area contributed by atoms with Gasteiger partial charge in [0.25, 0.3) is 0 Å². The third-order valence-electron chi connectivity index (χ3n) is 3.88. The van der Waals surface area contributed by atoms with Crippen LogP contribution in [0.2, 0.25) is 0 Å². The smallest absolute Gasteiger partial charge is 0.412 e. The third-order valence-corrected chi connectivity index (χ3v) is 3.88. The van der Waals surface area contributed by atoms with Crippen molar-refractivity contribution in [2.24, 2.45) is 0 Å². The molecule has 2 aromatic rings. The topological polar surface area (TPSA) is 56.8 Å². The van der Waals surface area contributed by atoms with Gasteiger partial charge in [0.1, 0.15) is 5.75 Å². The highest BCUT2D eigenvalue weighted by atomic mass is 19.4. The largest absolute Gasteiger partial charge is 0.497 e. The lowest BCUT2D eigenvalue weighted by molar-refractivity contribution is -0.162. The molecule has 0 heterocycles. The molecule has 0 saturated heterocycles. The number of carbonyl (C=O) groups is 1. The van der Waals surface area contributed by atoms with Crippen molar-refractivity contribution in [2.45, 2.75) is 12.2 Å². The summed E-state index contributed by atoms with van der Waals surface area (Å²) in [6.45, 7) is 0. The minimum absolute atomic E-state index is 0.135. The molecule has 1 atom stereocenters. The van der Waals surface area contributed by atoms with E-state index in [1.54, 1.807) is 24.3 Å². The van der Waals surface area contributed by atoms with E-state index in [1.165, 1.54) is 45.6 Å². The van der Waals surface area contributed by atoms with Crippen molar-refractivity contribution < 1.29 is 32.2 Å². The fraction of sp³-hybridized carbons (Fsp3) is 0.250. The Morgan fingerprint density at radius 1 is 1.00 bits per heavy atom. The van der Waals surface area contributed by atoms with Gasteiger partial charge in [0, 0.05) is 6.08 Å². The Balaban J connectivity index is 2.22. The predicted molar refractivity (Wildman–Crippen MR) is 98.5 cm³/mol. The van der Waals surface area contributed by atoms with E-state index in [1.807, 2.05) is 5.32 Å². The highest BCUT2D eigenvalue weighted by molar-refractivity contribution is 5.92. The number of alkyl halides is 3. The first kappa shape index (κ1) is 21.1. The Morgan fingerprint density at radius 3 is 2.32 bits per heavy atom. The van der Waals surface area contributed by atoms with Crippen molar-refractivity contribution in [3.8, 4) is 17.2 Å². The number of halogens is 3. The number of benzene rings is 2. The molecule has 150 valence electrons. The van der Waals surface area contributed by atoms with E-state index in [4.69, 9.17) is 14.2 Å². The third kappa shape index (κ3) is 5.42. The zero-order valence-corrected chi connectivity index (χ0v) is 15.5. The molecule has 8 heteroatoms. The lowest BCUT2D eigenvalue weighted by Crippen LogP contribution is -2.37. The molecule has 0 spiro atoms. The van der Waals surface area contributed by atoms with Crippen LogP contribution in [-0.4, -0.2) is 33.4 Å². The van der Waals surface area contributed by atoms with Gasteiger partial charge >= 0.3 is 6.18 Å². The predicted octanol–water partition coefficient (Wildman–Crippen LogP) is 4.15. The van der Waals surface area contributed by atoms with Gasteiger partial charge in [-0.15, -0.1) is 0 Å². The van der Waals surface area contributed by atoms with Crippen LogP contribution in [0.15, 0.2) is 48.5 Å². The Labute approximate surface area is 160 Å². The van der Waals surface area contributed by atoms with E-state index in [0.29, 0.717) is 11.3 Å². The Morgan fingerprint density at radius 2 is 1.71 bits per heavy atom. The van der Waals surface area contributed by atoms with Gasteiger partial charge in [0.2, 0.25) is 5.91 Å². The fourth-order valence-electron chi connectivity index (χ4n) is 2.49. The zero-order chi connectivity index (χ0) is 20.7. The second kappa shape index (κ2) is 9.16. The van der Waals surface area contributed by atoms with Crippen LogP contribution < -0.4 is 19.5 Å². The molecular formula is C20H20F3NO4. The van der Waals surface area contributed by atoms with E-state index in [0.717, 1.165) is 6.08 Å². The quantitative estimate of drug-likeness (QED) is 0.716. The highest BCUT2D eigenvalue weighted by Gasteiger charge is 2.42. The standard InChI is InChI=1S/C20H20F3NO4/c1-26-15-6-4-5-13(11-15)7-10-18(25)24-19(20(21,22)23)14-8-9-16(27-2)17(12-14)28-3/h4-12,19H,1-3H3,(H,24,25)/b10-7+. The van der Waals surface area contributed by atoms with Gasteiger partial charge in [-0.3, -0.25) is 4.79 Å². The first-order valence-corrected chi connectivity index (χ1v) is 8.19. The maximum absolute atomic E-state index is 13.5. The van der Waals surface area contributed by atoms with Gasteiger partial charge < -0.3 is 19.5 Å². The molecule has 0 aliphatic carbocycles. The van der Waals surface area contributed by atoms with E-state index in [9.17, 15) is 18.0 Å². The Bertz CT molecular complexity index is 850. The maximum atomic E-state index is 13.5. The van der Waals surface area contributed by atoms with Crippen molar-refractivity contribution in [1.29, 1.82) is 0 Å².